The number of H-pyrrole nitrogens is 1. The summed E-state index contributed by atoms with van der Waals surface area (Å²) in [6.07, 6.45) is 1.66. The Morgan fingerprint density at radius 3 is 2.62 bits per heavy atom. The van der Waals surface area contributed by atoms with E-state index in [1.54, 1.807) is 7.11 Å². The van der Waals surface area contributed by atoms with Crippen LogP contribution in [0.4, 0.5) is 5.69 Å². The van der Waals surface area contributed by atoms with Gasteiger partial charge in [0, 0.05) is 54.4 Å². The number of hydrogen-bond acceptors (Lipinski definition) is 3. The van der Waals surface area contributed by atoms with Crippen molar-refractivity contribution in [3.8, 4) is 5.75 Å². The number of nitrogens with one attached hydrogen (secondary N) is 2. The predicted octanol–water partition coefficient (Wildman–Crippen LogP) is 3.14. The number of anilines is 1. The number of hydrogen-bond donors (Lipinski definition) is 2. The molecule has 4 rings (SSSR count). The molecule has 0 saturated carbocycles. The van der Waals surface area contributed by atoms with Gasteiger partial charge >= 0.3 is 0 Å². The van der Waals surface area contributed by atoms with E-state index in [0.717, 1.165) is 29.8 Å². The van der Waals surface area contributed by atoms with Crippen LogP contribution in [-0.2, 0) is 12.8 Å². The van der Waals surface area contributed by atoms with Crippen molar-refractivity contribution in [2.24, 2.45) is 0 Å². The van der Waals surface area contributed by atoms with E-state index < -0.39 is 0 Å². The molecule has 1 aromatic heterocycles. The van der Waals surface area contributed by atoms with Crippen molar-refractivity contribution in [2.45, 2.75) is 18.9 Å². The summed E-state index contributed by atoms with van der Waals surface area (Å²) in [4.78, 5) is 18.1. The Balaban J connectivity index is 1.48. The van der Waals surface area contributed by atoms with E-state index in [4.69, 9.17) is 4.74 Å². The molecule has 1 atom stereocenters. The van der Waals surface area contributed by atoms with E-state index in [2.05, 4.69) is 16.4 Å². The Hall–Kier alpha value is -2.95. The zero-order chi connectivity index (χ0) is 18.3. The molecule has 3 aromatic rings. The van der Waals surface area contributed by atoms with E-state index in [9.17, 15) is 4.79 Å². The van der Waals surface area contributed by atoms with Crippen molar-refractivity contribution in [3.05, 3.63) is 59.3 Å². The SMILES string of the molecule is COc1ccc2[nH]c3c(c2c1)CC(NC(=O)c1ccc(N(C)C)cc1)C3. The minimum absolute atomic E-state index is 0.0210. The summed E-state index contributed by atoms with van der Waals surface area (Å²) in [5.74, 6) is 0.833. The molecule has 1 aliphatic carbocycles. The van der Waals surface area contributed by atoms with Crippen LogP contribution in [0.3, 0.4) is 0 Å². The van der Waals surface area contributed by atoms with Gasteiger partial charge in [0.05, 0.1) is 7.11 Å². The maximum absolute atomic E-state index is 12.6. The first-order valence-electron chi connectivity index (χ1n) is 8.81. The number of aromatic amines is 1. The topological polar surface area (TPSA) is 57.4 Å². The molecule has 5 nitrogen and oxygen atoms in total. The molecule has 0 fully saturated rings. The van der Waals surface area contributed by atoms with Crippen molar-refractivity contribution in [3.63, 3.8) is 0 Å². The molecular weight excluding hydrogens is 326 g/mol. The molecule has 0 radical (unpaired) electrons. The third kappa shape index (κ3) is 2.90. The standard InChI is InChI=1S/C21H23N3O2/c1-24(2)15-6-4-13(5-7-15)21(25)22-14-10-17-18-12-16(26-3)8-9-19(18)23-20(17)11-14/h4-9,12,14,23H,10-11H2,1-3H3,(H,22,25). The van der Waals surface area contributed by atoms with Gasteiger partial charge in [-0.1, -0.05) is 0 Å². The lowest BCUT2D eigenvalue weighted by atomic mass is 10.1. The molecular formula is C21H23N3O2. The van der Waals surface area contributed by atoms with Gasteiger partial charge in [-0.3, -0.25) is 4.79 Å². The van der Waals surface area contributed by atoms with Crippen LogP contribution in [0.1, 0.15) is 21.6 Å². The van der Waals surface area contributed by atoms with E-state index in [0.29, 0.717) is 5.56 Å². The molecule has 1 amide bonds. The molecule has 134 valence electrons. The number of aromatic nitrogens is 1. The number of carbonyl (C=O) groups excluding carboxylic acids is 1. The number of ether oxygens (including phenoxy) is 1. The molecule has 2 aromatic carbocycles. The van der Waals surface area contributed by atoms with Gasteiger partial charge in [0.2, 0.25) is 0 Å². The first-order valence-corrected chi connectivity index (χ1v) is 8.81. The Kier molecular flexibility index (Phi) is 4.07. The second kappa shape index (κ2) is 6.41. The predicted molar refractivity (Wildman–Crippen MR) is 104 cm³/mol. The smallest absolute Gasteiger partial charge is 0.251 e. The molecule has 0 bridgehead atoms. The number of amides is 1. The van der Waals surface area contributed by atoms with Crippen LogP contribution in [0, 0.1) is 0 Å². The third-order valence-electron chi connectivity index (χ3n) is 5.08. The Bertz CT molecular complexity index is 957. The zero-order valence-corrected chi connectivity index (χ0v) is 15.3. The highest BCUT2D eigenvalue weighted by atomic mass is 16.5. The quantitative estimate of drug-likeness (QED) is 0.761. The van der Waals surface area contributed by atoms with E-state index in [1.165, 1.54) is 16.6 Å². The average molecular weight is 349 g/mol. The highest BCUT2D eigenvalue weighted by molar-refractivity contribution is 5.95. The van der Waals surface area contributed by atoms with Gasteiger partial charge < -0.3 is 19.9 Å². The van der Waals surface area contributed by atoms with Crippen molar-refractivity contribution in [2.75, 3.05) is 26.1 Å². The van der Waals surface area contributed by atoms with Gasteiger partial charge in [-0.05, 0) is 54.4 Å². The van der Waals surface area contributed by atoms with E-state index in [1.807, 2.05) is 55.4 Å². The van der Waals surface area contributed by atoms with Crippen molar-refractivity contribution >= 4 is 22.5 Å². The summed E-state index contributed by atoms with van der Waals surface area (Å²) < 4.78 is 5.34. The first kappa shape index (κ1) is 16.5. The van der Waals surface area contributed by atoms with Crippen LogP contribution in [0.2, 0.25) is 0 Å². The second-order valence-electron chi connectivity index (χ2n) is 7.01. The lowest BCUT2D eigenvalue weighted by Crippen LogP contribution is -2.35. The van der Waals surface area contributed by atoms with Gasteiger partial charge in [0.25, 0.3) is 5.91 Å². The van der Waals surface area contributed by atoms with Gasteiger partial charge in [0.1, 0.15) is 5.75 Å². The van der Waals surface area contributed by atoms with Crippen LogP contribution in [0.15, 0.2) is 42.5 Å². The Morgan fingerprint density at radius 2 is 1.92 bits per heavy atom. The van der Waals surface area contributed by atoms with E-state index >= 15 is 0 Å². The Morgan fingerprint density at radius 1 is 1.15 bits per heavy atom. The average Bonchev–Trinajstić information content (AvgIpc) is 3.18. The fraction of sp³-hybridized carbons (Fsp3) is 0.286. The molecule has 0 saturated heterocycles. The third-order valence-corrected chi connectivity index (χ3v) is 5.08. The van der Waals surface area contributed by atoms with Gasteiger partial charge in [-0.25, -0.2) is 0 Å². The number of rotatable bonds is 4. The van der Waals surface area contributed by atoms with Crippen LogP contribution < -0.4 is 15.0 Å². The lowest BCUT2D eigenvalue weighted by Gasteiger charge is -2.15. The molecule has 1 unspecified atom stereocenters. The summed E-state index contributed by atoms with van der Waals surface area (Å²) >= 11 is 0. The molecule has 26 heavy (non-hydrogen) atoms. The minimum atomic E-state index is -0.0210. The normalized spacial score (nSPS) is 15.7. The van der Waals surface area contributed by atoms with Crippen LogP contribution >= 0.6 is 0 Å². The molecule has 2 N–H and O–H groups in total. The summed E-state index contributed by atoms with van der Waals surface area (Å²) in [5.41, 5.74) is 5.39. The molecule has 1 aliphatic rings. The number of carbonyl (C=O) groups is 1. The number of benzene rings is 2. The molecule has 0 aliphatic heterocycles. The zero-order valence-electron chi connectivity index (χ0n) is 15.3. The number of nitrogens with zero attached hydrogens (tertiary/aromatic N) is 1. The van der Waals surface area contributed by atoms with Gasteiger partial charge in [0.15, 0.2) is 0 Å². The number of methoxy groups -OCH3 is 1. The highest BCUT2D eigenvalue weighted by Gasteiger charge is 2.27. The van der Waals surface area contributed by atoms with Crippen LogP contribution in [-0.4, -0.2) is 38.1 Å². The Labute approximate surface area is 153 Å². The van der Waals surface area contributed by atoms with Gasteiger partial charge in [-0.15, -0.1) is 0 Å². The van der Waals surface area contributed by atoms with Crippen molar-refractivity contribution < 1.29 is 9.53 Å². The fourth-order valence-electron chi connectivity index (χ4n) is 3.66. The van der Waals surface area contributed by atoms with E-state index in [-0.39, 0.29) is 11.9 Å². The summed E-state index contributed by atoms with van der Waals surface area (Å²) in [5, 5.41) is 4.35. The minimum Gasteiger partial charge on any atom is -0.497 e. The highest BCUT2D eigenvalue weighted by Crippen LogP contribution is 2.32. The second-order valence-corrected chi connectivity index (χ2v) is 7.01. The maximum atomic E-state index is 12.6. The molecule has 0 spiro atoms. The first-order chi connectivity index (χ1) is 12.5. The fourth-order valence-corrected chi connectivity index (χ4v) is 3.66. The van der Waals surface area contributed by atoms with Crippen LogP contribution in [0.5, 0.6) is 5.75 Å². The monoisotopic (exact) mass is 349 g/mol. The summed E-state index contributed by atoms with van der Waals surface area (Å²) in [6.45, 7) is 0. The molecule has 1 heterocycles. The van der Waals surface area contributed by atoms with Crippen LogP contribution in [0.25, 0.3) is 10.9 Å². The van der Waals surface area contributed by atoms with Gasteiger partial charge in [-0.2, -0.15) is 0 Å². The maximum Gasteiger partial charge on any atom is 0.251 e. The summed E-state index contributed by atoms with van der Waals surface area (Å²) in [6, 6.07) is 13.9. The largest absolute Gasteiger partial charge is 0.497 e. The van der Waals surface area contributed by atoms with Crippen molar-refractivity contribution in [1.29, 1.82) is 0 Å². The summed E-state index contributed by atoms with van der Waals surface area (Å²) in [7, 11) is 5.65. The lowest BCUT2D eigenvalue weighted by molar-refractivity contribution is 0.0938. The number of fused-ring (bicyclic) bond motifs is 3. The molecule has 5 heteroatoms. The van der Waals surface area contributed by atoms with Crippen molar-refractivity contribution in [1.82, 2.24) is 10.3 Å².